The topological polar surface area (TPSA) is 39.9 Å². The third-order valence-electron chi connectivity index (χ3n) is 3.07. The summed E-state index contributed by atoms with van der Waals surface area (Å²) in [6, 6.07) is 0. The minimum absolute atomic E-state index is 0.0308. The first-order valence-corrected chi connectivity index (χ1v) is 5.13. The molecule has 0 radical (unpaired) electrons. The van der Waals surface area contributed by atoms with Crippen LogP contribution in [0.2, 0.25) is 0 Å². The number of nitrogens with zero attached hydrogens (tertiary/aromatic N) is 4. The normalized spacial score (nSPS) is 14.3. The molecule has 4 heterocycles. The van der Waals surface area contributed by atoms with Gasteiger partial charge in [0.05, 0.1) is 12.3 Å². The molecule has 0 amide bonds. The SMILES string of the molecule is OCc1cn2c3n(ccn4c=3n1C=C4)C=C2. The molecule has 0 aromatic rings. The lowest BCUT2D eigenvalue weighted by Crippen LogP contribution is -2.11. The lowest BCUT2D eigenvalue weighted by atomic mass is 10.4. The van der Waals surface area contributed by atoms with E-state index in [4.69, 9.17) is 0 Å². The van der Waals surface area contributed by atoms with Gasteiger partial charge in [0.25, 0.3) is 0 Å². The first-order chi connectivity index (χ1) is 7.88. The van der Waals surface area contributed by atoms with E-state index >= 15 is 0 Å². The van der Waals surface area contributed by atoms with E-state index in [9.17, 15) is 5.11 Å². The maximum atomic E-state index is 9.36. The van der Waals surface area contributed by atoms with Crippen LogP contribution in [-0.4, -0.2) is 23.4 Å². The molecular formula is C11H10N4O. The van der Waals surface area contributed by atoms with Gasteiger partial charge in [-0.15, -0.1) is 0 Å². The van der Waals surface area contributed by atoms with E-state index in [-0.39, 0.29) is 6.61 Å². The van der Waals surface area contributed by atoms with E-state index < -0.39 is 0 Å². The predicted molar refractivity (Wildman–Crippen MR) is 60.3 cm³/mol. The van der Waals surface area contributed by atoms with Gasteiger partial charge in [-0.25, -0.2) is 0 Å². The van der Waals surface area contributed by atoms with Crippen LogP contribution in [0.25, 0.3) is 24.8 Å². The van der Waals surface area contributed by atoms with Gasteiger partial charge in [0.15, 0.2) is 11.0 Å². The minimum Gasteiger partial charge on any atom is -0.390 e. The third-order valence-corrected chi connectivity index (χ3v) is 3.07. The van der Waals surface area contributed by atoms with Gasteiger partial charge in [-0.1, -0.05) is 0 Å². The molecule has 5 nitrogen and oxygen atoms in total. The molecule has 16 heavy (non-hydrogen) atoms. The molecule has 0 atom stereocenters. The van der Waals surface area contributed by atoms with Crippen molar-refractivity contribution in [3.05, 3.63) is 35.2 Å². The Balaban J connectivity index is 2.38. The Morgan fingerprint density at radius 3 is 2.38 bits per heavy atom. The monoisotopic (exact) mass is 214 g/mol. The van der Waals surface area contributed by atoms with Gasteiger partial charge in [0.1, 0.15) is 0 Å². The largest absolute Gasteiger partial charge is 0.390 e. The van der Waals surface area contributed by atoms with Crippen molar-refractivity contribution in [3.8, 4) is 0 Å². The van der Waals surface area contributed by atoms with Crippen molar-refractivity contribution in [1.82, 2.24) is 18.3 Å². The zero-order chi connectivity index (χ0) is 10.7. The Morgan fingerprint density at radius 2 is 1.56 bits per heavy atom. The number of aromatic nitrogens is 4. The molecule has 4 aliphatic rings. The Labute approximate surface area is 90.7 Å². The molecule has 1 N–H and O–H groups in total. The molecule has 0 spiro atoms. The van der Waals surface area contributed by atoms with E-state index in [1.807, 2.05) is 52.5 Å². The highest BCUT2D eigenvalue weighted by molar-refractivity contribution is 5.54. The second-order valence-corrected chi connectivity index (χ2v) is 3.91. The van der Waals surface area contributed by atoms with E-state index in [0.717, 1.165) is 16.7 Å². The highest BCUT2D eigenvalue weighted by atomic mass is 16.3. The summed E-state index contributed by atoms with van der Waals surface area (Å²) in [6.45, 7) is 0.0308. The lowest BCUT2D eigenvalue weighted by Gasteiger charge is -2.11. The summed E-state index contributed by atoms with van der Waals surface area (Å²) < 4.78 is 8.15. The lowest BCUT2D eigenvalue weighted by molar-refractivity contribution is 0.273. The standard InChI is InChI=1S/C11H10N4O/c16-8-9-7-14-4-3-12-1-2-13-5-6-15(9)11(13)10(12)14/h1-7,16H,8H2. The van der Waals surface area contributed by atoms with Gasteiger partial charge in [-0.2, -0.15) is 0 Å². The van der Waals surface area contributed by atoms with Crippen LogP contribution in [0.3, 0.4) is 0 Å². The van der Waals surface area contributed by atoms with Crippen molar-refractivity contribution < 1.29 is 5.11 Å². The fraction of sp³-hybridized carbons (Fsp3) is 0.0909. The van der Waals surface area contributed by atoms with Crippen LogP contribution in [0.4, 0.5) is 0 Å². The van der Waals surface area contributed by atoms with Crippen LogP contribution >= 0.6 is 0 Å². The summed E-state index contributed by atoms with van der Waals surface area (Å²) in [5, 5.41) is 9.36. The zero-order valence-electron chi connectivity index (χ0n) is 8.48. The predicted octanol–water partition coefficient (Wildman–Crippen LogP) is 1.03. The average Bonchev–Trinajstić information content (AvgIpc) is 2.89. The van der Waals surface area contributed by atoms with Crippen molar-refractivity contribution in [2.24, 2.45) is 0 Å². The summed E-state index contributed by atoms with van der Waals surface area (Å²) in [6.07, 6.45) is 13.9. The molecule has 4 aliphatic heterocycles. The Hall–Kier alpha value is -2.14. The van der Waals surface area contributed by atoms with Crippen molar-refractivity contribution in [1.29, 1.82) is 0 Å². The number of hydrogen-bond donors (Lipinski definition) is 1. The van der Waals surface area contributed by atoms with Gasteiger partial charge in [-0.05, 0) is 0 Å². The first-order valence-electron chi connectivity index (χ1n) is 5.13. The summed E-state index contributed by atoms with van der Waals surface area (Å²) in [5.74, 6) is 0. The quantitative estimate of drug-likeness (QED) is 0.505. The molecule has 4 rings (SSSR count). The summed E-state index contributed by atoms with van der Waals surface area (Å²) in [5.41, 5.74) is 3.04. The Bertz CT molecular complexity index is 748. The second kappa shape index (κ2) is 2.51. The van der Waals surface area contributed by atoms with Crippen molar-refractivity contribution >= 4 is 24.8 Å². The van der Waals surface area contributed by atoms with Crippen LogP contribution in [0.5, 0.6) is 0 Å². The molecular weight excluding hydrogens is 204 g/mol. The molecule has 0 aromatic carbocycles. The number of hydrogen-bond acceptors (Lipinski definition) is 1. The number of rotatable bonds is 1. The highest BCUT2D eigenvalue weighted by Gasteiger charge is 2.13. The van der Waals surface area contributed by atoms with Crippen molar-refractivity contribution in [2.75, 3.05) is 0 Å². The average molecular weight is 214 g/mol. The molecule has 0 saturated carbocycles. The zero-order valence-corrected chi connectivity index (χ0v) is 8.48. The molecule has 0 unspecified atom stereocenters. The fourth-order valence-corrected chi connectivity index (χ4v) is 2.34. The Morgan fingerprint density at radius 1 is 0.875 bits per heavy atom. The minimum atomic E-state index is 0.0308. The van der Waals surface area contributed by atoms with Gasteiger partial charge in [0.2, 0.25) is 0 Å². The molecule has 0 saturated heterocycles. The van der Waals surface area contributed by atoms with Crippen molar-refractivity contribution in [2.45, 2.75) is 6.61 Å². The third kappa shape index (κ3) is 0.761. The van der Waals surface area contributed by atoms with Gasteiger partial charge >= 0.3 is 0 Å². The molecule has 5 heteroatoms. The van der Waals surface area contributed by atoms with Crippen LogP contribution in [0.1, 0.15) is 5.69 Å². The number of aliphatic hydroxyl groups is 1. The Kier molecular flexibility index (Phi) is 1.26. The van der Waals surface area contributed by atoms with Crippen LogP contribution < -0.4 is 0 Å². The highest BCUT2D eigenvalue weighted by Crippen LogP contribution is 2.17. The molecule has 0 bridgehead atoms. The summed E-state index contributed by atoms with van der Waals surface area (Å²) in [7, 11) is 0. The molecule has 0 aromatic heterocycles. The van der Waals surface area contributed by atoms with Gasteiger partial charge in [-0.3, -0.25) is 4.57 Å². The van der Waals surface area contributed by atoms with E-state index in [0.29, 0.717) is 0 Å². The fourth-order valence-electron chi connectivity index (χ4n) is 2.34. The summed E-state index contributed by atoms with van der Waals surface area (Å²) >= 11 is 0. The molecule has 0 aliphatic carbocycles. The number of aliphatic hydroxyl groups excluding tert-OH is 1. The van der Waals surface area contributed by atoms with Crippen LogP contribution in [-0.2, 0) is 6.61 Å². The van der Waals surface area contributed by atoms with Crippen LogP contribution in [0, 0.1) is 11.0 Å². The van der Waals surface area contributed by atoms with Gasteiger partial charge in [0, 0.05) is 43.4 Å². The first kappa shape index (κ1) is 8.06. The van der Waals surface area contributed by atoms with Gasteiger partial charge < -0.3 is 18.8 Å². The second-order valence-electron chi connectivity index (χ2n) is 3.91. The van der Waals surface area contributed by atoms with Crippen LogP contribution in [0.15, 0.2) is 18.6 Å². The maximum absolute atomic E-state index is 9.36. The van der Waals surface area contributed by atoms with E-state index in [1.165, 1.54) is 0 Å². The van der Waals surface area contributed by atoms with E-state index in [2.05, 4.69) is 9.13 Å². The smallest absolute Gasteiger partial charge is 0.164 e. The van der Waals surface area contributed by atoms with Crippen molar-refractivity contribution in [3.63, 3.8) is 0 Å². The molecule has 0 fully saturated rings. The van der Waals surface area contributed by atoms with E-state index in [1.54, 1.807) is 0 Å². The maximum Gasteiger partial charge on any atom is 0.164 e. The summed E-state index contributed by atoms with van der Waals surface area (Å²) in [4.78, 5) is 0. The molecule has 80 valence electrons.